The lowest BCUT2D eigenvalue weighted by atomic mass is 10.0. The van der Waals surface area contributed by atoms with Gasteiger partial charge in [0.25, 0.3) is 0 Å². The van der Waals surface area contributed by atoms with Crippen LogP contribution >= 0.6 is 0 Å². The highest BCUT2D eigenvalue weighted by Gasteiger charge is 2.02. The number of ketones is 1. The Hall–Kier alpha value is -1.31. The maximum Gasteiger partial charge on any atom is 0.132 e. The lowest BCUT2D eigenvalue weighted by Crippen LogP contribution is -1.98. The summed E-state index contributed by atoms with van der Waals surface area (Å²) in [5.41, 5.74) is 0. The van der Waals surface area contributed by atoms with Gasteiger partial charge in [0.2, 0.25) is 0 Å². The minimum absolute atomic E-state index is 0.322. The fourth-order valence-corrected chi connectivity index (χ4v) is 2.43. The number of carbonyl (C=O) groups is 1. The number of aromatic hydroxyl groups is 1. The largest absolute Gasteiger partial charge is 0.508 e. The number of hydrogen-bond acceptors (Lipinski definition) is 2. The minimum Gasteiger partial charge on any atom is -0.508 e. The summed E-state index contributed by atoms with van der Waals surface area (Å²) in [5.74, 6) is 0.822. The molecule has 1 aromatic carbocycles. The molecule has 1 saturated carbocycles. The first-order valence-corrected chi connectivity index (χ1v) is 8.05. The van der Waals surface area contributed by atoms with Crippen molar-refractivity contribution in [1.29, 1.82) is 0 Å². The molecule has 0 radical (unpaired) electrons. The zero-order chi connectivity index (χ0) is 14.5. The van der Waals surface area contributed by atoms with Gasteiger partial charge in [0.05, 0.1) is 0 Å². The van der Waals surface area contributed by atoms with E-state index in [2.05, 4.69) is 0 Å². The number of Topliss-reactive ketones (excluding diaryl/α,β-unsaturated/α-hetero) is 1. The van der Waals surface area contributed by atoms with Crippen molar-refractivity contribution < 1.29 is 9.90 Å². The number of phenolic OH excluding ortho intramolecular Hbond substituents is 1. The number of carbonyl (C=O) groups excluding carboxylic acids is 1. The number of rotatable bonds is 0. The number of hydrogen-bond donors (Lipinski definition) is 1. The molecule has 0 amide bonds. The van der Waals surface area contributed by atoms with Crippen molar-refractivity contribution in [2.75, 3.05) is 0 Å². The Morgan fingerprint density at radius 2 is 1.05 bits per heavy atom. The van der Waals surface area contributed by atoms with E-state index in [1.165, 1.54) is 44.9 Å². The summed E-state index contributed by atoms with van der Waals surface area (Å²) in [6.45, 7) is 0. The van der Waals surface area contributed by atoms with Gasteiger partial charge in [0.15, 0.2) is 0 Å². The Bertz CT molecular complexity index is 332. The molecule has 1 N–H and O–H groups in total. The van der Waals surface area contributed by atoms with Crippen molar-refractivity contribution in [2.45, 2.75) is 70.6 Å². The van der Waals surface area contributed by atoms with Gasteiger partial charge in [-0.1, -0.05) is 63.1 Å². The van der Waals surface area contributed by atoms with Gasteiger partial charge in [0.1, 0.15) is 11.5 Å². The van der Waals surface area contributed by atoms with Gasteiger partial charge < -0.3 is 5.11 Å². The molecule has 112 valence electrons. The van der Waals surface area contributed by atoms with Crippen molar-refractivity contribution in [3.05, 3.63) is 30.3 Å². The second-order valence-corrected chi connectivity index (χ2v) is 5.56. The van der Waals surface area contributed by atoms with Crippen LogP contribution in [0.3, 0.4) is 0 Å². The van der Waals surface area contributed by atoms with Crippen LogP contribution in [0.5, 0.6) is 5.75 Å². The van der Waals surface area contributed by atoms with E-state index < -0.39 is 0 Å². The van der Waals surface area contributed by atoms with E-state index in [0.29, 0.717) is 11.5 Å². The summed E-state index contributed by atoms with van der Waals surface area (Å²) in [4.78, 5) is 11.3. The molecule has 0 saturated heterocycles. The standard InChI is InChI=1S/C12H22O.C6H6O/c13-12-10-8-6-4-2-1-3-5-7-9-11-12;7-6-4-2-1-3-5-6/h1-11H2;1-5,7H. The summed E-state index contributed by atoms with van der Waals surface area (Å²) < 4.78 is 0. The quantitative estimate of drug-likeness (QED) is 0.702. The van der Waals surface area contributed by atoms with Gasteiger partial charge in [-0.15, -0.1) is 0 Å². The molecule has 1 aliphatic carbocycles. The van der Waals surface area contributed by atoms with Gasteiger partial charge in [-0.3, -0.25) is 4.79 Å². The summed E-state index contributed by atoms with van der Waals surface area (Å²) in [7, 11) is 0. The third-order valence-corrected chi connectivity index (χ3v) is 3.67. The van der Waals surface area contributed by atoms with Crippen LogP contribution in [0.15, 0.2) is 30.3 Å². The molecule has 0 bridgehead atoms. The maximum atomic E-state index is 11.3. The smallest absolute Gasteiger partial charge is 0.132 e. The first kappa shape index (κ1) is 16.7. The molecule has 0 heterocycles. The van der Waals surface area contributed by atoms with Crippen LogP contribution in [0.2, 0.25) is 0 Å². The van der Waals surface area contributed by atoms with E-state index in [0.717, 1.165) is 25.7 Å². The Labute approximate surface area is 123 Å². The molecule has 20 heavy (non-hydrogen) atoms. The maximum absolute atomic E-state index is 11.3. The molecule has 2 heteroatoms. The number of benzene rings is 1. The fraction of sp³-hybridized carbons (Fsp3) is 0.611. The van der Waals surface area contributed by atoms with Crippen molar-refractivity contribution in [2.24, 2.45) is 0 Å². The van der Waals surface area contributed by atoms with Gasteiger partial charge >= 0.3 is 0 Å². The van der Waals surface area contributed by atoms with Crippen LogP contribution < -0.4 is 0 Å². The third kappa shape index (κ3) is 9.60. The highest BCUT2D eigenvalue weighted by Crippen LogP contribution is 2.14. The molecule has 0 unspecified atom stereocenters. The average molecular weight is 276 g/mol. The summed E-state index contributed by atoms with van der Waals surface area (Å²) in [6.07, 6.45) is 13.4. The molecule has 2 nitrogen and oxygen atoms in total. The first-order chi connectivity index (χ1) is 9.79. The van der Waals surface area contributed by atoms with Gasteiger partial charge in [-0.05, 0) is 25.0 Å². The van der Waals surface area contributed by atoms with Crippen LogP contribution in [0.4, 0.5) is 0 Å². The van der Waals surface area contributed by atoms with E-state index in [1.54, 1.807) is 24.3 Å². The van der Waals surface area contributed by atoms with E-state index in [4.69, 9.17) is 5.11 Å². The molecule has 1 aromatic rings. The molecule has 0 aromatic heterocycles. The Balaban J connectivity index is 0.000000240. The van der Waals surface area contributed by atoms with Crippen molar-refractivity contribution in [1.82, 2.24) is 0 Å². The fourth-order valence-electron chi connectivity index (χ4n) is 2.43. The second kappa shape index (κ2) is 11.5. The van der Waals surface area contributed by atoms with Gasteiger partial charge in [0, 0.05) is 12.8 Å². The summed E-state index contributed by atoms with van der Waals surface area (Å²) in [5, 5.41) is 8.63. The molecule has 2 rings (SSSR count). The number of para-hydroxylation sites is 1. The topological polar surface area (TPSA) is 37.3 Å². The molecule has 1 fully saturated rings. The molecular weight excluding hydrogens is 248 g/mol. The van der Waals surface area contributed by atoms with E-state index in [-0.39, 0.29) is 0 Å². The normalized spacial score (nSPS) is 18.1. The van der Waals surface area contributed by atoms with E-state index in [1.807, 2.05) is 6.07 Å². The van der Waals surface area contributed by atoms with Gasteiger partial charge in [-0.2, -0.15) is 0 Å². The predicted molar refractivity (Wildman–Crippen MR) is 83.9 cm³/mol. The Kier molecular flexibility index (Phi) is 9.64. The van der Waals surface area contributed by atoms with E-state index in [9.17, 15) is 4.79 Å². The van der Waals surface area contributed by atoms with Crippen LogP contribution in [-0.2, 0) is 4.79 Å². The van der Waals surface area contributed by atoms with Crippen molar-refractivity contribution in [3.63, 3.8) is 0 Å². The highest BCUT2D eigenvalue weighted by atomic mass is 16.3. The Morgan fingerprint density at radius 1 is 0.650 bits per heavy atom. The number of phenols is 1. The molecule has 1 aliphatic rings. The predicted octanol–water partition coefficient (Wildman–Crippen LogP) is 5.25. The van der Waals surface area contributed by atoms with Gasteiger partial charge in [-0.25, -0.2) is 0 Å². The lowest BCUT2D eigenvalue weighted by Gasteiger charge is -2.05. The minimum atomic E-state index is 0.322. The van der Waals surface area contributed by atoms with E-state index >= 15 is 0 Å². The second-order valence-electron chi connectivity index (χ2n) is 5.56. The zero-order valence-electron chi connectivity index (χ0n) is 12.5. The highest BCUT2D eigenvalue weighted by molar-refractivity contribution is 5.78. The van der Waals surface area contributed by atoms with Crippen LogP contribution in [-0.4, -0.2) is 10.9 Å². The van der Waals surface area contributed by atoms with Crippen LogP contribution in [0, 0.1) is 0 Å². The Morgan fingerprint density at radius 3 is 1.40 bits per heavy atom. The van der Waals surface area contributed by atoms with Crippen LogP contribution in [0.1, 0.15) is 70.6 Å². The molecule has 0 atom stereocenters. The molecular formula is C18H28O2. The monoisotopic (exact) mass is 276 g/mol. The third-order valence-electron chi connectivity index (χ3n) is 3.67. The average Bonchev–Trinajstić information content (AvgIpc) is 2.44. The summed E-state index contributed by atoms with van der Waals surface area (Å²) >= 11 is 0. The molecule has 0 spiro atoms. The SMILES string of the molecule is O=C1CCCCCCCCCCC1.Oc1ccccc1. The van der Waals surface area contributed by atoms with Crippen molar-refractivity contribution >= 4 is 5.78 Å². The first-order valence-electron chi connectivity index (χ1n) is 8.05. The summed E-state index contributed by atoms with van der Waals surface area (Å²) in [6, 6.07) is 8.71. The molecule has 0 aliphatic heterocycles. The lowest BCUT2D eigenvalue weighted by molar-refractivity contribution is -0.119. The zero-order valence-corrected chi connectivity index (χ0v) is 12.5. The van der Waals surface area contributed by atoms with Crippen LogP contribution in [0.25, 0.3) is 0 Å². The van der Waals surface area contributed by atoms with Crippen molar-refractivity contribution in [3.8, 4) is 5.75 Å².